The fraction of sp³-hybridized carbons (Fsp3) is 0.619. The van der Waals surface area contributed by atoms with Gasteiger partial charge in [-0.1, -0.05) is 6.07 Å². The monoisotopic (exact) mass is 373 g/mol. The first-order chi connectivity index (χ1) is 13.0. The molecule has 2 N–H and O–H groups in total. The third-order valence-corrected chi connectivity index (χ3v) is 5.64. The number of amides is 2. The van der Waals surface area contributed by atoms with Gasteiger partial charge in [0.05, 0.1) is 12.6 Å². The number of carbonyl (C=O) groups is 2. The van der Waals surface area contributed by atoms with Crippen LogP contribution in [0.3, 0.4) is 0 Å². The first kappa shape index (κ1) is 19.8. The predicted molar refractivity (Wildman–Crippen MR) is 106 cm³/mol. The van der Waals surface area contributed by atoms with Crippen LogP contribution in [0.5, 0.6) is 0 Å². The van der Waals surface area contributed by atoms with Crippen LogP contribution in [0.1, 0.15) is 36.8 Å². The molecule has 1 unspecified atom stereocenters. The van der Waals surface area contributed by atoms with E-state index in [0.29, 0.717) is 13.1 Å². The average Bonchev–Trinajstić information content (AvgIpc) is 3.17. The summed E-state index contributed by atoms with van der Waals surface area (Å²) in [7, 11) is 0. The van der Waals surface area contributed by atoms with Crippen LogP contribution < -0.4 is 10.6 Å². The van der Waals surface area contributed by atoms with Crippen molar-refractivity contribution in [2.24, 2.45) is 5.92 Å². The molecule has 0 saturated carbocycles. The third-order valence-electron chi connectivity index (χ3n) is 5.64. The van der Waals surface area contributed by atoms with Crippen LogP contribution in [0, 0.1) is 19.8 Å². The minimum Gasteiger partial charge on any atom is -0.376 e. The quantitative estimate of drug-likeness (QED) is 0.802. The number of rotatable bonds is 6. The summed E-state index contributed by atoms with van der Waals surface area (Å²) in [4.78, 5) is 26.7. The van der Waals surface area contributed by atoms with Crippen molar-refractivity contribution in [1.82, 2.24) is 10.2 Å². The molecule has 2 heterocycles. The summed E-state index contributed by atoms with van der Waals surface area (Å²) in [6.07, 6.45) is 3.91. The van der Waals surface area contributed by atoms with E-state index in [1.807, 2.05) is 25.1 Å². The van der Waals surface area contributed by atoms with Crippen molar-refractivity contribution < 1.29 is 14.3 Å². The second-order valence-corrected chi connectivity index (χ2v) is 7.78. The summed E-state index contributed by atoms with van der Waals surface area (Å²) in [5.41, 5.74) is 3.22. The highest BCUT2D eigenvalue weighted by Gasteiger charge is 2.26. The fourth-order valence-corrected chi connectivity index (χ4v) is 3.74. The van der Waals surface area contributed by atoms with Gasteiger partial charge in [0.2, 0.25) is 11.8 Å². The summed E-state index contributed by atoms with van der Waals surface area (Å²) in [6, 6.07) is 5.95. The zero-order valence-corrected chi connectivity index (χ0v) is 16.4. The number of piperidine rings is 1. The van der Waals surface area contributed by atoms with Gasteiger partial charge in [0.1, 0.15) is 0 Å². The van der Waals surface area contributed by atoms with Crippen LogP contribution in [0.4, 0.5) is 5.69 Å². The number of nitrogens with one attached hydrogen (secondary N) is 2. The van der Waals surface area contributed by atoms with Crippen molar-refractivity contribution in [2.75, 3.05) is 38.1 Å². The lowest BCUT2D eigenvalue weighted by atomic mass is 9.96. The molecule has 0 bridgehead atoms. The van der Waals surface area contributed by atoms with Crippen LogP contribution >= 0.6 is 0 Å². The molecule has 1 aromatic carbocycles. The number of aryl methyl sites for hydroxylation is 2. The third kappa shape index (κ3) is 5.78. The highest BCUT2D eigenvalue weighted by molar-refractivity contribution is 5.92. The van der Waals surface area contributed by atoms with Crippen LogP contribution in [0.15, 0.2) is 18.2 Å². The summed E-state index contributed by atoms with van der Waals surface area (Å²) in [5, 5.41) is 6.00. The van der Waals surface area contributed by atoms with Crippen molar-refractivity contribution in [1.29, 1.82) is 0 Å². The van der Waals surface area contributed by atoms with Crippen LogP contribution in [-0.2, 0) is 14.3 Å². The van der Waals surface area contributed by atoms with Crippen LogP contribution in [-0.4, -0.2) is 55.6 Å². The first-order valence-corrected chi connectivity index (χ1v) is 10.00. The van der Waals surface area contributed by atoms with Crippen molar-refractivity contribution in [3.8, 4) is 0 Å². The summed E-state index contributed by atoms with van der Waals surface area (Å²) in [5.74, 6) is 0.176. The van der Waals surface area contributed by atoms with E-state index in [9.17, 15) is 9.59 Å². The van der Waals surface area contributed by atoms with Crippen LogP contribution in [0.2, 0.25) is 0 Å². The number of hydrogen-bond donors (Lipinski definition) is 2. The van der Waals surface area contributed by atoms with Gasteiger partial charge in [0.25, 0.3) is 0 Å². The molecule has 2 aliphatic heterocycles. The van der Waals surface area contributed by atoms with Gasteiger partial charge in [0, 0.05) is 24.8 Å². The molecule has 1 aromatic rings. The van der Waals surface area contributed by atoms with Crippen LogP contribution in [0.25, 0.3) is 0 Å². The maximum Gasteiger partial charge on any atom is 0.238 e. The highest BCUT2D eigenvalue weighted by atomic mass is 16.5. The molecular formula is C21H31N3O3. The highest BCUT2D eigenvalue weighted by Crippen LogP contribution is 2.19. The fourth-order valence-electron chi connectivity index (χ4n) is 3.74. The lowest BCUT2D eigenvalue weighted by Gasteiger charge is -2.30. The smallest absolute Gasteiger partial charge is 0.238 e. The number of hydrogen-bond acceptors (Lipinski definition) is 4. The Hall–Kier alpha value is -1.92. The molecule has 148 valence electrons. The molecule has 6 nitrogen and oxygen atoms in total. The predicted octanol–water partition coefficient (Wildman–Crippen LogP) is 2.25. The summed E-state index contributed by atoms with van der Waals surface area (Å²) in [6.45, 7) is 7.45. The molecule has 0 aliphatic carbocycles. The standard InChI is InChI=1S/C21H31N3O3/c1-15-5-6-18(12-16(15)2)23-20(25)14-24-9-7-17(8-10-24)21(26)22-13-19-4-3-11-27-19/h5-6,12,17,19H,3-4,7-11,13-14H2,1-2H3,(H,22,26)(H,23,25). The maximum absolute atomic E-state index is 12.3. The van der Waals surface area contributed by atoms with E-state index >= 15 is 0 Å². The van der Waals surface area contributed by atoms with Crippen molar-refractivity contribution in [2.45, 2.75) is 45.6 Å². The van der Waals surface area contributed by atoms with E-state index in [-0.39, 0.29) is 23.8 Å². The second-order valence-electron chi connectivity index (χ2n) is 7.78. The number of ether oxygens (including phenoxy) is 1. The van der Waals surface area contributed by atoms with E-state index in [1.165, 1.54) is 11.1 Å². The molecule has 0 radical (unpaired) electrons. The van der Waals surface area contributed by atoms with Gasteiger partial charge in [-0.05, 0) is 75.9 Å². The van der Waals surface area contributed by atoms with Gasteiger partial charge in [0.15, 0.2) is 0 Å². The number of nitrogens with zero attached hydrogens (tertiary/aromatic N) is 1. The lowest BCUT2D eigenvalue weighted by molar-refractivity contribution is -0.127. The van der Waals surface area contributed by atoms with Gasteiger partial charge in [-0.3, -0.25) is 14.5 Å². The Morgan fingerprint density at radius 3 is 2.59 bits per heavy atom. The molecule has 0 spiro atoms. The van der Waals surface area contributed by atoms with Crippen molar-refractivity contribution in [3.63, 3.8) is 0 Å². The molecule has 0 aromatic heterocycles. The Morgan fingerprint density at radius 1 is 1.15 bits per heavy atom. The maximum atomic E-state index is 12.3. The van der Waals surface area contributed by atoms with E-state index in [1.54, 1.807) is 0 Å². The molecule has 3 rings (SSSR count). The molecule has 2 amide bonds. The topological polar surface area (TPSA) is 70.7 Å². The number of benzene rings is 1. The Bertz CT molecular complexity index is 663. The van der Waals surface area contributed by atoms with E-state index < -0.39 is 0 Å². The normalized spacial score (nSPS) is 21.2. The van der Waals surface area contributed by atoms with E-state index in [0.717, 1.165) is 51.1 Å². The molecule has 1 atom stereocenters. The van der Waals surface area contributed by atoms with Gasteiger partial charge >= 0.3 is 0 Å². The van der Waals surface area contributed by atoms with Gasteiger partial charge in [-0.2, -0.15) is 0 Å². The molecular weight excluding hydrogens is 342 g/mol. The molecule has 27 heavy (non-hydrogen) atoms. The van der Waals surface area contributed by atoms with Gasteiger partial charge < -0.3 is 15.4 Å². The minimum absolute atomic E-state index is 0.000429. The Morgan fingerprint density at radius 2 is 1.93 bits per heavy atom. The van der Waals surface area contributed by atoms with E-state index in [2.05, 4.69) is 22.5 Å². The molecule has 2 saturated heterocycles. The zero-order chi connectivity index (χ0) is 19.2. The average molecular weight is 373 g/mol. The molecule has 2 aliphatic rings. The Kier molecular flexibility index (Phi) is 6.85. The summed E-state index contributed by atoms with van der Waals surface area (Å²) >= 11 is 0. The van der Waals surface area contributed by atoms with E-state index in [4.69, 9.17) is 4.74 Å². The molecule has 6 heteroatoms. The lowest BCUT2D eigenvalue weighted by Crippen LogP contribution is -2.44. The summed E-state index contributed by atoms with van der Waals surface area (Å²) < 4.78 is 5.55. The largest absolute Gasteiger partial charge is 0.376 e. The number of carbonyl (C=O) groups excluding carboxylic acids is 2. The minimum atomic E-state index is -0.000429. The second kappa shape index (κ2) is 9.33. The number of likely N-dealkylation sites (tertiary alicyclic amines) is 1. The first-order valence-electron chi connectivity index (χ1n) is 10.00. The van der Waals surface area contributed by atoms with Gasteiger partial charge in [-0.15, -0.1) is 0 Å². The van der Waals surface area contributed by atoms with Gasteiger partial charge in [-0.25, -0.2) is 0 Å². The van der Waals surface area contributed by atoms with Crippen molar-refractivity contribution >= 4 is 17.5 Å². The SMILES string of the molecule is Cc1ccc(NC(=O)CN2CCC(C(=O)NCC3CCCO3)CC2)cc1C. The molecule has 2 fully saturated rings. The zero-order valence-electron chi connectivity index (χ0n) is 16.4. The Balaban J connectivity index is 1.37. The Labute approximate surface area is 161 Å². The van der Waals surface area contributed by atoms with Crippen molar-refractivity contribution in [3.05, 3.63) is 29.3 Å². The number of anilines is 1.